The maximum Gasteiger partial charge on any atom is 0.407 e. The van der Waals surface area contributed by atoms with Crippen LogP contribution in [0.25, 0.3) is 0 Å². The fourth-order valence-corrected chi connectivity index (χ4v) is 1.23. The van der Waals surface area contributed by atoms with E-state index in [2.05, 4.69) is 5.32 Å². The van der Waals surface area contributed by atoms with Crippen LogP contribution >= 0.6 is 0 Å². The van der Waals surface area contributed by atoms with E-state index in [0.717, 1.165) is 12.8 Å². The third-order valence-corrected chi connectivity index (χ3v) is 1.85. The zero-order valence-electron chi connectivity index (χ0n) is 6.39. The number of amides is 1. The molecule has 3 nitrogen and oxygen atoms in total. The molecule has 0 aliphatic carbocycles. The van der Waals surface area contributed by atoms with Gasteiger partial charge in [-0.3, -0.25) is 0 Å². The lowest BCUT2D eigenvalue weighted by Gasteiger charge is -2.11. The van der Waals surface area contributed by atoms with Gasteiger partial charge >= 0.3 is 6.09 Å². The molecule has 0 aromatic rings. The zero-order chi connectivity index (χ0) is 7.56. The summed E-state index contributed by atoms with van der Waals surface area (Å²) >= 11 is 0. The lowest BCUT2D eigenvalue weighted by atomic mass is 10.1. The number of carbonyl (C=O) groups excluding carboxylic acids is 1. The Bertz CT molecular complexity index is 122. The topological polar surface area (TPSA) is 38.3 Å². The van der Waals surface area contributed by atoms with Crippen molar-refractivity contribution in [1.82, 2.24) is 5.32 Å². The van der Waals surface area contributed by atoms with Gasteiger partial charge in [0, 0.05) is 0 Å². The normalized spacial score (nSPS) is 31.6. The van der Waals surface area contributed by atoms with Crippen LogP contribution in [0.5, 0.6) is 0 Å². The minimum Gasteiger partial charge on any atom is -0.444 e. The summed E-state index contributed by atoms with van der Waals surface area (Å²) in [5.74, 6) is 0. The molecule has 0 aromatic carbocycles. The van der Waals surface area contributed by atoms with Gasteiger partial charge in [-0.1, -0.05) is 13.8 Å². The van der Waals surface area contributed by atoms with E-state index in [0.29, 0.717) is 0 Å². The largest absolute Gasteiger partial charge is 0.444 e. The summed E-state index contributed by atoms with van der Waals surface area (Å²) in [6, 6.07) is 0.234. The maximum absolute atomic E-state index is 10.6. The van der Waals surface area contributed by atoms with Crippen molar-refractivity contribution in [3.05, 3.63) is 0 Å². The van der Waals surface area contributed by atoms with E-state index < -0.39 is 0 Å². The Balaban J connectivity index is 2.48. The van der Waals surface area contributed by atoms with Crippen molar-refractivity contribution in [1.29, 1.82) is 0 Å². The quantitative estimate of drug-likeness (QED) is 0.632. The third kappa shape index (κ3) is 1.23. The number of hydrogen-bond acceptors (Lipinski definition) is 2. The van der Waals surface area contributed by atoms with E-state index in [1.807, 2.05) is 13.8 Å². The minimum atomic E-state index is -0.265. The van der Waals surface area contributed by atoms with Crippen molar-refractivity contribution in [2.24, 2.45) is 0 Å². The highest BCUT2D eigenvalue weighted by molar-refractivity contribution is 5.70. The van der Waals surface area contributed by atoms with Crippen LogP contribution in [0.2, 0.25) is 0 Å². The molecule has 3 heteroatoms. The lowest BCUT2D eigenvalue weighted by Crippen LogP contribution is -2.30. The molecule has 0 unspecified atom stereocenters. The first kappa shape index (κ1) is 7.38. The molecule has 1 fully saturated rings. The van der Waals surface area contributed by atoms with E-state index in [4.69, 9.17) is 4.74 Å². The SMILES string of the molecule is CC[C@@H]1NC(=O)O[C@H]1CC. The predicted octanol–water partition coefficient (Wildman–Crippen LogP) is 1.28. The number of cyclic esters (lactones) is 1. The van der Waals surface area contributed by atoms with Crippen molar-refractivity contribution >= 4 is 6.09 Å². The van der Waals surface area contributed by atoms with Gasteiger partial charge in [-0.25, -0.2) is 4.79 Å². The molecular formula is C7H13NO2. The van der Waals surface area contributed by atoms with Crippen LogP contribution in [0.4, 0.5) is 4.79 Å². The van der Waals surface area contributed by atoms with Gasteiger partial charge in [0.05, 0.1) is 6.04 Å². The molecule has 1 amide bonds. The average Bonchev–Trinajstić information content (AvgIpc) is 2.30. The van der Waals surface area contributed by atoms with Gasteiger partial charge < -0.3 is 10.1 Å². The van der Waals surface area contributed by atoms with Gasteiger partial charge in [0.2, 0.25) is 0 Å². The third-order valence-electron chi connectivity index (χ3n) is 1.85. The lowest BCUT2D eigenvalue weighted by molar-refractivity contribution is 0.128. The van der Waals surface area contributed by atoms with Crippen molar-refractivity contribution in [3.63, 3.8) is 0 Å². The molecule has 10 heavy (non-hydrogen) atoms. The summed E-state index contributed by atoms with van der Waals surface area (Å²) in [5.41, 5.74) is 0. The first-order chi connectivity index (χ1) is 4.77. The Kier molecular flexibility index (Phi) is 2.14. The highest BCUT2D eigenvalue weighted by Crippen LogP contribution is 2.13. The van der Waals surface area contributed by atoms with E-state index in [9.17, 15) is 4.79 Å². The number of nitrogens with one attached hydrogen (secondary N) is 1. The van der Waals surface area contributed by atoms with Crippen molar-refractivity contribution in [2.75, 3.05) is 0 Å². The van der Waals surface area contributed by atoms with Crippen LogP contribution in [0.3, 0.4) is 0 Å². The van der Waals surface area contributed by atoms with Crippen LogP contribution in [-0.2, 0) is 4.74 Å². The summed E-state index contributed by atoms with van der Waals surface area (Å²) in [6.45, 7) is 4.07. The fourth-order valence-electron chi connectivity index (χ4n) is 1.23. The second kappa shape index (κ2) is 2.90. The molecule has 1 saturated heterocycles. The van der Waals surface area contributed by atoms with Gasteiger partial charge in [-0.15, -0.1) is 0 Å². The molecule has 0 aromatic heterocycles. The van der Waals surface area contributed by atoms with Crippen LogP contribution in [0, 0.1) is 0 Å². The molecular weight excluding hydrogens is 130 g/mol. The highest BCUT2D eigenvalue weighted by Gasteiger charge is 2.30. The average molecular weight is 143 g/mol. The first-order valence-corrected chi connectivity index (χ1v) is 3.75. The number of carbonyl (C=O) groups is 1. The molecule has 0 spiro atoms. The molecule has 1 aliphatic rings. The van der Waals surface area contributed by atoms with Crippen molar-refractivity contribution in [2.45, 2.75) is 38.8 Å². The molecule has 1 rings (SSSR count). The maximum atomic E-state index is 10.6. The number of ether oxygens (including phenoxy) is 1. The van der Waals surface area contributed by atoms with Crippen LogP contribution in [0.15, 0.2) is 0 Å². The van der Waals surface area contributed by atoms with Gasteiger partial charge in [0.25, 0.3) is 0 Å². The zero-order valence-corrected chi connectivity index (χ0v) is 6.39. The fraction of sp³-hybridized carbons (Fsp3) is 0.857. The Hall–Kier alpha value is -0.730. The van der Waals surface area contributed by atoms with Gasteiger partial charge in [0.15, 0.2) is 0 Å². The first-order valence-electron chi connectivity index (χ1n) is 3.75. The number of rotatable bonds is 2. The number of alkyl carbamates (subject to hydrolysis) is 1. The minimum absolute atomic E-state index is 0.0949. The second-order valence-corrected chi connectivity index (χ2v) is 2.51. The van der Waals surface area contributed by atoms with E-state index in [1.54, 1.807) is 0 Å². The van der Waals surface area contributed by atoms with Gasteiger partial charge in [0.1, 0.15) is 6.10 Å². The molecule has 58 valence electrons. The summed E-state index contributed by atoms with van der Waals surface area (Å²) in [4.78, 5) is 10.6. The Morgan fingerprint density at radius 3 is 2.60 bits per heavy atom. The van der Waals surface area contributed by atoms with Gasteiger partial charge in [-0.05, 0) is 12.8 Å². The molecule has 0 saturated carbocycles. The molecule has 0 bridgehead atoms. The molecule has 1 heterocycles. The highest BCUT2D eigenvalue weighted by atomic mass is 16.6. The van der Waals surface area contributed by atoms with E-state index in [1.165, 1.54) is 0 Å². The summed E-state index contributed by atoms with van der Waals surface area (Å²) < 4.78 is 4.96. The van der Waals surface area contributed by atoms with E-state index >= 15 is 0 Å². The summed E-state index contributed by atoms with van der Waals surface area (Å²) in [7, 11) is 0. The number of hydrogen-bond donors (Lipinski definition) is 1. The second-order valence-electron chi connectivity index (χ2n) is 2.51. The standard InChI is InChI=1S/C7H13NO2/c1-3-5-6(4-2)10-7(9)8-5/h5-6H,3-4H2,1-2H3,(H,8,9)/t5-,6-/m0/s1. The van der Waals surface area contributed by atoms with Crippen LogP contribution < -0.4 is 5.32 Å². The monoisotopic (exact) mass is 143 g/mol. The molecule has 0 radical (unpaired) electrons. The molecule has 2 atom stereocenters. The predicted molar refractivity (Wildman–Crippen MR) is 37.8 cm³/mol. The van der Waals surface area contributed by atoms with Crippen molar-refractivity contribution in [3.8, 4) is 0 Å². The van der Waals surface area contributed by atoms with Crippen LogP contribution in [-0.4, -0.2) is 18.2 Å². The molecule has 1 aliphatic heterocycles. The Morgan fingerprint density at radius 2 is 2.20 bits per heavy atom. The summed E-state index contributed by atoms with van der Waals surface area (Å²) in [6.07, 6.45) is 1.68. The van der Waals surface area contributed by atoms with Crippen molar-refractivity contribution < 1.29 is 9.53 Å². The summed E-state index contributed by atoms with van der Waals surface area (Å²) in [5, 5.41) is 2.74. The van der Waals surface area contributed by atoms with Gasteiger partial charge in [-0.2, -0.15) is 0 Å². The Morgan fingerprint density at radius 1 is 1.50 bits per heavy atom. The van der Waals surface area contributed by atoms with Crippen LogP contribution in [0.1, 0.15) is 26.7 Å². The van der Waals surface area contributed by atoms with E-state index in [-0.39, 0.29) is 18.2 Å². The molecule has 1 N–H and O–H groups in total. The Labute approximate surface area is 60.7 Å². The smallest absolute Gasteiger partial charge is 0.407 e.